The molecule has 3 amide bonds. The van der Waals surface area contributed by atoms with Crippen LogP contribution in [0.1, 0.15) is 27.7 Å². The van der Waals surface area contributed by atoms with Crippen molar-refractivity contribution in [3.05, 3.63) is 120 Å². The van der Waals surface area contributed by atoms with Crippen LogP contribution in [0.2, 0.25) is 0 Å². The van der Waals surface area contributed by atoms with Gasteiger partial charge in [0, 0.05) is 5.69 Å². The van der Waals surface area contributed by atoms with Crippen molar-refractivity contribution >= 4 is 46.2 Å². The number of anilines is 1. The van der Waals surface area contributed by atoms with Gasteiger partial charge in [0.25, 0.3) is 0 Å². The fourth-order valence-electron chi connectivity index (χ4n) is 4.16. The SMILES string of the molecule is O=C(CNC(=O)OCc1ccccc1)Nc1ccc(C2SC(=Nc3ccc(C(F)(F)F)cc3)N(Cc3ccco3)C2=O)cc1. The highest BCUT2D eigenvalue weighted by Crippen LogP contribution is 2.41. The molecule has 0 spiro atoms. The maximum Gasteiger partial charge on any atom is 0.416 e. The lowest BCUT2D eigenvalue weighted by Crippen LogP contribution is -2.33. The van der Waals surface area contributed by atoms with Gasteiger partial charge < -0.3 is 19.8 Å². The Morgan fingerprint density at radius 3 is 2.34 bits per heavy atom. The number of nitrogens with zero attached hydrogens (tertiary/aromatic N) is 2. The van der Waals surface area contributed by atoms with Gasteiger partial charge in [0.2, 0.25) is 11.8 Å². The fourth-order valence-corrected chi connectivity index (χ4v) is 5.34. The Hall–Kier alpha value is -5.04. The van der Waals surface area contributed by atoms with Crippen LogP contribution in [0.3, 0.4) is 0 Å². The molecule has 2 heterocycles. The number of amides is 3. The second-order valence-corrected chi connectivity index (χ2v) is 10.6. The van der Waals surface area contributed by atoms with Gasteiger partial charge in [-0.1, -0.05) is 54.2 Å². The Bertz CT molecular complexity index is 1630. The summed E-state index contributed by atoms with van der Waals surface area (Å²) < 4.78 is 49.5. The molecular formula is C31H25F3N4O5S. The lowest BCUT2D eigenvalue weighted by atomic mass is 10.1. The van der Waals surface area contributed by atoms with E-state index in [1.54, 1.807) is 36.4 Å². The molecule has 0 bridgehead atoms. The average Bonchev–Trinajstić information content (AvgIpc) is 3.64. The minimum Gasteiger partial charge on any atom is -0.467 e. The summed E-state index contributed by atoms with van der Waals surface area (Å²) in [5.41, 5.74) is 1.34. The van der Waals surface area contributed by atoms with Gasteiger partial charge in [0.05, 0.1) is 24.1 Å². The van der Waals surface area contributed by atoms with Crippen molar-refractivity contribution in [2.75, 3.05) is 11.9 Å². The molecule has 0 radical (unpaired) electrons. The van der Waals surface area contributed by atoms with Crippen LogP contribution >= 0.6 is 11.8 Å². The first kappa shape index (κ1) is 30.4. The number of amidine groups is 1. The number of alkyl halides is 3. The minimum atomic E-state index is -4.48. The van der Waals surface area contributed by atoms with E-state index in [1.165, 1.54) is 23.3 Å². The summed E-state index contributed by atoms with van der Waals surface area (Å²) in [7, 11) is 0. The maximum absolute atomic E-state index is 13.5. The molecule has 13 heteroatoms. The number of carbonyl (C=O) groups is 3. The number of aliphatic imine (C=N–C) groups is 1. The molecule has 4 aromatic rings. The Kier molecular flexibility index (Phi) is 9.34. The standard InChI is InChI=1S/C31H25F3N4O5S/c32-31(33,34)22-10-14-24(15-11-22)37-29-38(18-25-7-4-16-42-25)28(40)27(44-29)21-8-12-23(13-9-21)36-26(39)17-35-30(41)43-19-20-5-2-1-3-6-20/h1-16,27H,17-19H2,(H,35,41)(H,36,39). The van der Waals surface area contributed by atoms with Crippen LogP contribution in [0.4, 0.5) is 29.3 Å². The first-order chi connectivity index (χ1) is 21.2. The number of alkyl carbamates (subject to hydrolysis) is 1. The topological polar surface area (TPSA) is 113 Å². The van der Waals surface area contributed by atoms with Gasteiger partial charge in [-0.2, -0.15) is 13.2 Å². The van der Waals surface area contributed by atoms with Crippen LogP contribution in [-0.2, 0) is 33.7 Å². The van der Waals surface area contributed by atoms with E-state index in [0.717, 1.165) is 29.5 Å². The first-order valence-electron chi connectivity index (χ1n) is 13.3. The summed E-state index contributed by atoms with van der Waals surface area (Å²) in [4.78, 5) is 43.6. The molecule has 3 aromatic carbocycles. The van der Waals surface area contributed by atoms with Crippen molar-refractivity contribution in [1.82, 2.24) is 10.2 Å². The van der Waals surface area contributed by atoms with Gasteiger partial charge in [0.1, 0.15) is 24.2 Å². The molecule has 1 unspecified atom stereocenters. The Morgan fingerprint density at radius 1 is 0.955 bits per heavy atom. The first-order valence-corrected chi connectivity index (χ1v) is 14.1. The van der Waals surface area contributed by atoms with Crippen molar-refractivity contribution in [1.29, 1.82) is 0 Å². The van der Waals surface area contributed by atoms with Gasteiger partial charge >= 0.3 is 12.3 Å². The van der Waals surface area contributed by atoms with E-state index >= 15 is 0 Å². The number of carbonyl (C=O) groups excluding carboxylic acids is 3. The van der Waals surface area contributed by atoms with Gasteiger partial charge in [0.15, 0.2) is 5.17 Å². The molecular weight excluding hydrogens is 597 g/mol. The predicted octanol–water partition coefficient (Wildman–Crippen LogP) is 6.67. The van der Waals surface area contributed by atoms with Crippen LogP contribution in [0.15, 0.2) is 107 Å². The zero-order valence-electron chi connectivity index (χ0n) is 22.9. The molecule has 226 valence electrons. The third kappa shape index (κ3) is 7.86. The maximum atomic E-state index is 13.5. The van der Waals surface area contributed by atoms with Gasteiger partial charge in [-0.25, -0.2) is 9.79 Å². The smallest absolute Gasteiger partial charge is 0.416 e. The van der Waals surface area contributed by atoms with Gasteiger partial charge in [-0.15, -0.1) is 0 Å². The van der Waals surface area contributed by atoms with Crippen LogP contribution in [0.5, 0.6) is 0 Å². The number of rotatable bonds is 9. The summed E-state index contributed by atoms with van der Waals surface area (Å²) in [6, 6.07) is 23.5. The van der Waals surface area contributed by atoms with E-state index in [9.17, 15) is 27.6 Å². The third-order valence-corrected chi connectivity index (χ3v) is 7.59. The molecule has 1 aromatic heterocycles. The molecule has 1 saturated heterocycles. The zero-order chi connectivity index (χ0) is 31.1. The van der Waals surface area contributed by atoms with Gasteiger partial charge in [-0.05, 0) is 59.7 Å². The zero-order valence-corrected chi connectivity index (χ0v) is 23.7. The van der Waals surface area contributed by atoms with Crippen LogP contribution in [-0.4, -0.2) is 34.5 Å². The minimum absolute atomic E-state index is 0.0728. The summed E-state index contributed by atoms with van der Waals surface area (Å²) in [6.07, 6.45) is -3.73. The van der Waals surface area contributed by atoms with E-state index in [4.69, 9.17) is 9.15 Å². The number of nitrogens with one attached hydrogen (secondary N) is 2. The van der Waals surface area contributed by atoms with E-state index < -0.39 is 29.0 Å². The van der Waals surface area contributed by atoms with Crippen molar-refractivity contribution in [3.8, 4) is 0 Å². The Balaban J connectivity index is 1.22. The molecule has 1 aliphatic rings. The number of benzene rings is 3. The Labute approximate surface area is 254 Å². The number of furan rings is 1. The monoisotopic (exact) mass is 622 g/mol. The molecule has 0 aliphatic carbocycles. The number of hydrogen-bond acceptors (Lipinski definition) is 7. The molecule has 9 nitrogen and oxygen atoms in total. The number of thioether (sulfide) groups is 1. The molecule has 2 N–H and O–H groups in total. The highest BCUT2D eigenvalue weighted by molar-refractivity contribution is 8.15. The number of ether oxygens (including phenoxy) is 1. The highest BCUT2D eigenvalue weighted by atomic mass is 32.2. The fraction of sp³-hybridized carbons (Fsp3) is 0.161. The van der Waals surface area contributed by atoms with Crippen LogP contribution in [0.25, 0.3) is 0 Å². The van der Waals surface area contributed by atoms with Crippen molar-refractivity contribution < 1.29 is 36.7 Å². The lowest BCUT2D eigenvalue weighted by Gasteiger charge is -2.15. The third-order valence-electron chi connectivity index (χ3n) is 6.36. The van der Waals surface area contributed by atoms with Crippen LogP contribution < -0.4 is 10.6 Å². The largest absolute Gasteiger partial charge is 0.467 e. The normalized spacial score (nSPS) is 15.8. The molecule has 1 fully saturated rings. The molecule has 0 saturated carbocycles. The number of halogens is 3. The van der Waals surface area contributed by atoms with E-state index in [-0.39, 0.29) is 31.3 Å². The van der Waals surface area contributed by atoms with Crippen LogP contribution in [0, 0.1) is 0 Å². The molecule has 1 aliphatic heterocycles. The van der Waals surface area contributed by atoms with E-state index in [2.05, 4.69) is 15.6 Å². The number of hydrogen-bond donors (Lipinski definition) is 2. The molecule has 5 rings (SSSR count). The second kappa shape index (κ2) is 13.5. The van der Waals surface area contributed by atoms with Crippen molar-refractivity contribution in [2.45, 2.75) is 24.6 Å². The predicted molar refractivity (Wildman–Crippen MR) is 158 cm³/mol. The molecule has 44 heavy (non-hydrogen) atoms. The summed E-state index contributed by atoms with van der Waals surface area (Å²) in [6.45, 7) is -0.148. The van der Waals surface area contributed by atoms with Crippen molar-refractivity contribution in [3.63, 3.8) is 0 Å². The summed E-state index contributed by atoms with van der Waals surface area (Å²) in [5, 5.41) is 4.67. The van der Waals surface area contributed by atoms with E-state index in [1.807, 2.05) is 30.3 Å². The Morgan fingerprint density at radius 2 is 1.68 bits per heavy atom. The summed E-state index contributed by atoms with van der Waals surface area (Å²) >= 11 is 1.15. The summed E-state index contributed by atoms with van der Waals surface area (Å²) in [5.74, 6) is -0.251. The average molecular weight is 623 g/mol. The van der Waals surface area contributed by atoms with Crippen molar-refractivity contribution in [2.24, 2.45) is 4.99 Å². The second-order valence-electron chi connectivity index (χ2n) is 9.53. The van der Waals surface area contributed by atoms with Gasteiger partial charge in [-0.3, -0.25) is 14.5 Å². The quantitative estimate of drug-likeness (QED) is 0.216. The highest BCUT2D eigenvalue weighted by Gasteiger charge is 2.39. The van der Waals surface area contributed by atoms with E-state index in [0.29, 0.717) is 22.2 Å². The molecule has 1 atom stereocenters. The lowest BCUT2D eigenvalue weighted by molar-refractivity contribution is -0.137.